The molecule has 0 fully saturated rings. The fourth-order valence-electron chi connectivity index (χ4n) is 2.42. The zero-order chi connectivity index (χ0) is 18.4. The summed E-state index contributed by atoms with van der Waals surface area (Å²) in [6.07, 6.45) is 1.22. The molecule has 0 heterocycles. The predicted octanol–water partition coefficient (Wildman–Crippen LogP) is 3.16. The summed E-state index contributed by atoms with van der Waals surface area (Å²) in [6, 6.07) is 8.48. The molecule has 0 saturated heterocycles. The van der Waals surface area contributed by atoms with Crippen LogP contribution in [0.1, 0.15) is 53.0 Å². The Morgan fingerprint density at radius 3 is 2.12 bits per heavy atom. The first kappa shape index (κ1) is 20.2. The van der Waals surface area contributed by atoms with E-state index in [-0.39, 0.29) is 18.1 Å². The van der Waals surface area contributed by atoms with Gasteiger partial charge in [0.15, 0.2) is 0 Å². The molecule has 0 bridgehead atoms. The second kappa shape index (κ2) is 8.29. The lowest BCUT2D eigenvalue weighted by atomic mass is 9.85. The van der Waals surface area contributed by atoms with E-state index in [9.17, 15) is 9.59 Å². The smallest absolute Gasteiger partial charge is 0.342 e. The first-order valence-corrected chi connectivity index (χ1v) is 8.40. The van der Waals surface area contributed by atoms with Crippen LogP contribution in [0.3, 0.4) is 0 Å². The molecule has 1 rings (SSSR count). The van der Waals surface area contributed by atoms with E-state index in [1.54, 1.807) is 37.3 Å². The number of benzene rings is 1. The summed E-state index contributed by atoms with van der Waals surface area (Å²) < 4.78 is 10.7. The summed E-state index contributed by atoms with van der Waals surface area (Å²) in [5, 5.41) is 0. The van der Waals surface area contributed by atoms with Crippen molar-refractivity contribution >= 4 is 11.9 Å². The Morgan fingerprint density at radius 2 is 1.67 bits per heavy atom. The van der Waals surface area contributed by atoms with Gasteiger partial charge in [-0.15, -0.1) is 0 Å². The Morgan fingerprint density at radius 1 is 1.08 bits per heavy atom. The molecule has 0 aromatic heterocycles. The van der Waals surface area contributed by atoms with Crippen LogP contribution in [0, 0.1) is 5.41 Å². The molecule has 0 amide bonds. The summed E-state index contributed by atoms with van der Waals surface area (Å²) in [5.41, 5.74) is 4.37. The number of hydrogen-bond donors (Lipinski definition) is 1. The maximum atomic E-state index is 12.9. The molecular weight excluding hydrogens is 306 g/mol. The van der Waals surface area contributed by atoms with Crippen LogP contribution in [0.25, 0.3) is 0 Å². The van der Waals surface area contributed by atoms with E-state index < -0.39 is 17.5 Å². The summed E-state index contributed by atoms with van der Waals surface area (Å²) >= 11 is 0. The number of carbonyl (C=O) groups is 2. The highest BCUT2D eigenvalue weighted by Crippen LogP contribution is 2.30. The normalized spacial score (nSPS) is 15.2. The maximum absolute atomic E-state index is 12.9. The van der Waals surface area contributed by atoms with Crippen molar-refractivity contribution in [3.05, 3.63) is 35.9 Å². The standard InChI is InChI=1S/C19H29NO4/c1-6-11-15(18(3,4)5)24-17(22)19(20,16(21)23-7-2)14-12-9-8-10-13-14/h8-10,12-13,15H,6-7,11,20H2,1-5H3. The molecule has 0 spiro atoms. The number of carbonyl (C=O) groups excluding carboxylic acids is 2. The van der Waals surface area contributed by atoms with Crippen molar-refractivity contribution in [2.45, 2.75) is 59.1 Å². The van der Waals surface area contributed by atoms with Crippen LogP contribution in [0.15, 0.2) is 30.3 Å². The number of nitrogens with two attached hydrogens (primary N) is 1. The molecule has 134 valence electrons. The van der Waals surface area contributed by atoms with Gasteiger partial charge in [-0.25, -0.2) is 9.59 Å². The predicted molar refractivity (Wildman–Crippen MR) is 93.2 cm³/mol. The third kappa shape index (κ3) is 4.57. The van der Waals surface area contributed by atoms with Crippen molar-refractivity contribution in [1.82, 2.24) is 0 Å². The average Bonchev–Trinajstić information content (AvgIpc) is 2.53. The van der Waals surface area contributed by atoms with Crippen LogP contribution in [-0.4, -0.2) is 24.6 Å². The first-order chi connectivity index (χ1) is 11.2. The number of esters is 2. The van der Waals surface area contributed by atoms with E-state index >= 15 is 0 Å². The van der Waals surface area contributed by atoms with Gasteiger partial charge in [0.05, 0.1) is 6.61 Å². The lowest BCUT2D eigenvalue weighted by molar-refractivity contribution is -0.172. The third-order valence-electron chi connectivity index (χ3n) is 3.91. The fourth-order valence-corrected chi connectivity index (χ4v) is 2.42. The summed E-state index contributed by atoms with van der Waals surface area (Å²) in [7, 11) is 0. The van der Waals surface area contributed by atoms with Crippen LogP contribution < -0.4 is 5.73 Å². The van der Waals surface area contributed by atoms with E-state index in [0.717, 1.165) is 6.42 Å². The Kier molecular flexibility index (Phi) is 6.96. The lowest BCUT2D eigenvalue weighted by Crippen LogP contribution is -2.55. The van der Waals surface area contributed by atoms with Gasteiger partial charge in [-0.05, 0) is 24.3 Å². The molecule has 0 aliphatic heterocycles. The third-order valence-corrected chi connectivity index (χ3v) is 3.91. The topological polar surface area (TPSA) is 78.6 Å². The Labute approximate surface area is 144 Å². The van der Waals surface area contributed by atoms with Crippen LogP contribution >= 0.6 is 0 Å². The highest BCUT2D eigenvalue weighted by Gasteiger charge is 2.48. The Bertz CT molecular complexity index is 550. The van der Waals surface area contributed by atoms with Gasteiger partial charge < -0.3 is 15.2 Å². The molecule has 0 aliphatic rings. The molecule has 2 N–H and O–H groups in total. The molecule has 5 heteroatoms. The summed E-state index contributed by atoms with van der Waals surface area (Å²) in [5.74, 6) is -1.58. The van der Waals surface area contributed by atoms with Gasteiger partial charge in [0.1, 0.15) is 6.10 Å². The minimum atomic E-state index is -1.96. The van der Waals surface area contributed by atoms with Gasteiger partial charge >= 0.3 is 11.9 Å². The second-order valence-electron chi connectivity index (χ2n) is 6.94. The van der Waals surface area contributed by atoms with Crippen molar-refractivity contribution < 1.29 is 19.1 Å². The number of hydrogen-bond acceptors (Lipinski definition) is 5. The van der Waals surface area contributed by atoms with E-state index in [1.165, 1.54) is 0 Å². The van der Waals surface area contributed by atoms with Crippen LogP contribution in [0.5, 0.6) is 0 Å². The van der Waals surface area contributed by atoms with Gasteiger partial charge in [0.2, 0.25) is 5.54 Å². The van der Waals surface area contributed by atoms with Crippen LogP contribution in [0.4, 0.5) is 0 Å². The molecule has 5 nitrogen and oxygen atoms in total. The Hall–Kier alpha value is -1.88. The van der Waals surface area contributed by atoms with E-state index in [0.29, 0.717) is 12.0 Å². The van der Waals surface area contributed by atoms with Crippen LogP contribution in [-0.2, 0) is 24.6 Å². The summed E-state index contributed by atoms with van der Waals surface area (Å²) in [4.78, 5) is 25.3. The lowest BCUT2D eigenvalue weighted by Gasteiger charge is -2.34. The highest BCUT2D eigenvalue weighted by atomic mass is 16.6. The van der Waals surface area contributed by atoms with Crippen molar-refractivity contribution in [2.75, 3.05) is 6.61 Å². The van der Waals surface area contributed by atoms with Crippen molar-refractivity contribution in [2.24, 2.45) is 11.1 Å². The number of ether oxygens (including phenoxy) is 2. The van der Waals surface area contributed by atoms with Crippen molar-refractivity contribution in [3.8, 4) is 0 Å². The molecule has 0 radical (unpaired) electrons. The SMILES string of the molecule is CCCC(OC(=O)C(N)(C(=O)OCC)c1ccccc1)C(C)(C)C. The monoisotopic (exact) mass is 335 g/mol. The zero-order valence-electron chi connectivity index (χ0n) is 15.3. The van der Waals surface area contributed by atoms with Crippen molar-refractivity contribution in [3.63, 3.8) is 0 Å². The molecule has 0 aliphatic carbocycles. The maximum Gasteiger partial charge on any atom is 0.342 e. The highest BCUT2D eigenvalue weighted by molar-refractivity contribution is 6.05. The number of rotatable bonds is 7. The van der Waals surface area contributed by atoms with E-state index in [4.69, 9.17) is 15.2 Å². The largest absolute Gasteiger partial charge is 0.464 e. The minimum Gasteiger partial charge on any atom is -0.464 e. The molecular formula is C19H29NO4. The second-order valence-corrected chi connectivity index (χ2v) is 6.94. The fraction of sp³-hybridized carbons (Fsp3) is 0.579. The summed E-state index contributed by atoms with van der Waals surface area (Å²) in [6.45, 7) is 9.80. The quantitative estimate of drug-likeness (QED) is 0.611. The van der Waals surface area contributed by atoms with E-state index in [1.807, 2.05) is 27.7 Å². The van der Waals surface area contributed by atoms with Gasteiger partial charge in [0, 0.05) is 0 Å². The van der Waals surface area contributed by atoms with Gasteiger partial charge in [0.25, 0.3) is 0 Å². The Balaban J connectivity index is 3.20. The average molecular weight is 335 g/mol. The van der Waals surface area contributed by atoms with E-state index in [2.05, 4.69) is 0 Å². The van der Waals surface area contributed by atoms with Gasteiger partial charge in [-0.1, -0.05) is 64.4 Å². The molecule has 24 heavy (non-hydrogen) atoms. The van der Waals surface area contributed by atoms with Crippen molar-refractivity contribution in [1.29, 1.82) is 0 Å². The molecule has 0 saturated carbocycles. The molecule has 1 aromatic carbocycles. The zero-order valence-corrected chi connectivity index (χ0v) is 15.3. The molecule has 2 unspecified atom stereocenters. The van der Waals surface area contributed by atoms with Gasteiger partial charge in [-0.2, -0.15) is 0 Å². The van der Waals surface area contributed by atoms with Gasteiger partial charge in [-0.3, -0.25) is 0 Å². The minimum absolute atomic E-state index is 0.134. The van der Waals surface area contributed by atoms with Crippen LogP contribution in [0.2, 0.25) is 0 Å². The molecule has 1 aromatic rings. The first-order valence-electron chi connectivity index (χ1n) is 8.40. The molecule has 2 atom stereocenters.